The van der Waals surface area contributed by atoms with Crippen molar-refractivity contribution in [2.24, 2.45) is 0 Å². The zero-order valence-electron chi connectivity index (χ0n) is 16.4. The first-order valence-corrected chi connectivity index (χ1v) is 10.3. The molecule has 0 unspecified atom stereocenters. The van der Waals surface area contributed by atoms with Crippen molar-refractivity contribution in [1.29, 1.82) is 0 Å². The molecule has 0 radical (unpaired) electrons. The van der Waals surface area contributed by atoms with Crippen LogP contribution in [0.4, 0.5) is 5.00 Å². The quantitative estimate of drug-likeness (QED) is 0.541. The van der Waals surface area contributed by atoms with Gasteiger partial charge in [-0.05, 0) is 63.3 Å². The molecule has 0 aliphatic heterocycles. The number of nitrogens with one attached hydrogen (secondary N) is 1. The molecule has 0 aromatic carbocycles. The van der Waals surface area contributed by atoms with Crippen molar-refractivity contribution in [3.05, 3.63) is 46.2 Å². The Hall–Kier alpha value is -2.87. The summed E-state index contributed by atoms with van der Waals surface area (Å²) < 4.78 is 15.4. The van der Waals surface area contributed by atoms with Crippen LogP contribution in [0.15, 0.2) is 28.9 Å². The lowest BCUT2D eigenvalue weighted by Crippen LogP contribution is -2.22. The topological polar surface area (TPSA) is 94.8 Å². The van der Waals surface area contributed by atoms with E-state index in [0.29, 0.717) is 16.3 Å². The SMILES string of the molecule is CC(C)OC(=O)c1c(NC(=O)COC(=O)/C=C/c2ccco2)sc2c1CCCC2. The van der Waals surface area contributed by atoms with Gasteiger partial charge in [0.25, 0.3) is 5.91 Å². The monoisotopic (exact) mass is 417 g/mol. The molecule has 0 fully saturated rings. The molecule has 154 valence electrons. The summed E-state index contributed by atoms with van der Waals surface area (Å²) in [5.74, 6) is -1.11. The maximum Gasteiger partial charge on any atom is 0.341 e. The van der Waals surface area contributed by atoms with Gasteiger partial charge in [-0.3, -0.25) is 4.79 Å². The zero-order valence-corrected chi connectivity index (χ0v) is 17.2. The van der Waals surface area contributed by atoms with Crippen molar-refractivity contribution < 1.29 is 28.3 Å². The number of esters is 2. The molecule has 3 rings (SSSR count). The largest absolute Gasteiger partial charge is 0.465 e. The van der Waals surface area contributed by atoms with Crippen molar-refractivity contribution in [2.45, 2.75) is 45.6 Å². The molecule has 1 N–H and O–H groups in total. The number of hydrogen-bond donors (Lipinski definition) is 1. The van der Waals surface area contributed by atoms with Crippen LogP contribution >= 0.6 is 11.3 Å². The molecule has 0 bridgehead atoms. The second-order valence-electron chi connectivity index (χ2n) is 6.87. The van der Waals surface area contributed by atoms with Gasteiger partial charge in [-0.15, -0.1) is 11.3 Å². The van der Waals surface area contributed by atoms with E-state index in [0.717, 1.165) is 36.1 Å². The third-order valence-electron chi connectivity index (χ3n) is 4.24. The minimum absolute atomic E-state index is 0.257. The minimum atomic E-state index is -0.665. The number of thiophene rings is 1. The number of rotatable bonds is 7. The summed E-state index contributed by atoms with van der Waals surface area (Å²) in [5.41, 5.74) is 1.39. The van der Waals surface area contributed by atoms with Gasteiger partial charge in [0.15, 0.2) is 6.61 Å². The third-order valence-corrected chi connectivity index (χ3v) is 5.45. The van der Waals surface area contributed by atoms with Crippen LogP contribution in [-0.4, -0.2) is 30.6 Å². The first kappa shape index (κ1) is 20.9. The number of amides is 1. The molecular formula is C21H23NO6S. The Labute approximate surface area is 172 Å². The highest BCUT2D eigenvalue weighted by molar-refractivity contribution is 7.17. The Morgan fingerprint density at radius 3 is 2.79 bits per heavy atom. The second kappa shape index (κ2) is 9.56. The number of ether oxygens (including phenoxy) is 2. The molecule has 2 heterocycles. The van der Waals surface area contributed by atoms with E-state index in [9.17, 15) is 14.4 Å². The van der Waals surface area contributed by atoms with Crippen molar-refractivity contribution in [3.63, 3.8) is 0 Å². The molecule has 1 amide bonds. The molecule has 0 saturated carbocycles. The van der Waals surface area contributed by atoms with Gasteiger partial charge in [0, 0.05) is 11.0 Å². The molecule has 0 atom stereocenters. The summed E-state index contributed by atoms with van der Waals surface area (Å²) in [6.45, 7) is 3.11. The molecule has 7 nitrogen and oxygen atoms in total. The van der Waals surface area contributed by atoms with Crippen LogP contribution in [0, 0.1) is 0 Å². The van der Waals surface area contributed by atoms with Crippen molar-refractivity contribution in [3.8, 4) is 0 Å². The fraction of sp³-hybridized carbons (Fsp3) is 0.381. The van der Waals surface area contributed by atoms with Gasteiger partial charge in [0.2, 0.25) is 0 Å². The van der Waals surface area contributed by atoms with E-state index >= 15 is 0 Å². The van der Waals surface area contributed by atoms with Crippen LogP contribution in [0.25, 0.3) is 6.08 Å². The summed E-state index contributed by atoms with van der Waals surface area (Å²) in [5, 5.41) is 3.16. The Balaban J connectivity index is 1.64. The summed E-state index contributed by atoms with van der Waals surface area (Å²) in [4.78, 5) is 37.7. The number of aryl methyl sites for hydroxylation is 1. The lowest BCUT2D eigenvalue weighted by Gasteiger charge is -2.14. The average molecular weight is 417 g/mol. The minimum Gasteiger partial charge on any atom is -0.465 e. The van der Waals surface area contributed by atoms with E-state index in [1.807, 2.05) is 0 Å². The maximum absolute atomic E-state index is 12.6. The van der Waals surface area contributed by atoms with Gasteiger partial charge in [-0.25, -0.2) is 9.59 Å². The fourth-order valence-electron chi connectivity index (χ4n) is 3.03. The molecule has 0 saturated heterocycles. The smallest absolute Gasteiger partial charge is 0.341 e. The Morgan fingerprint density at radius 2 is 2.07 bits per heavy atom. The van der Waals surface area contributed by atoms with Crippen LogP contribution in [0.3, 0.4) is 0 Å². The lowest BCUT2D eigenvalue weighted by molar-refractivity contribution is -0.142. The third kappa shape index (κ3) is 5.57. The Bertz CT molecular complexity index is 910. The summed E-state index contributed by atoms with van der Waals surface area (Å²) in [6.07, 6.45) is 7.58. The molecule has 1 aliphatic rings. The number of anilines is 1. The number of carbonyl (C=O) groups excluding carboxylic acids is 3. The average Bonchev–Trinajstić information content (AvgIpc) is 3.31. The van der Waals surface area contributed by atoms with E-state index in [2.05, 4.69) is 5.32 Å². The molecule has 1 aliphatic carbocycles. The Kier molecular flexibility index (Phi) is 6.87. The lowest BCUT2D eigenvalue weighted by atomic mass is 9.95. The van der Waals surface area contributed by atoms with Crippen LogP contribution < -0.4 is 5.32 Å². The highest BCUT2D eigenvalue weighted by Gasteiger charge is 2.28. The van der Waals surface area contributed by atoms with Crippen molar-refractivity contribution in [1.82, 2.24) is 0 Å². The molecule has 29 heavy (non-hydrogen) atoms. The summed E-state index contributed by atoms with van der Waals surface area (Å²) in [7, 11) is 0. The standard InChI is InChI=1S/C21H23NO6S/c1-13(2)28-21(25)19-15-7-3-4-8-16(15)29-20(19)22-17(23)12-27-18(24)10-9-14-6-5-11-26-14/h5-6,9-11,13H,3-4,7-8,12H2,1-2H3,(H,22,23)/b10-9+. The van der Waals surface area contributed by atoms with E-state index in [1.165, 1.54) is 29.8 Å². The summed E-state index contributed by atoms with van der Waals surface area (Å²) in [6, 6.07) is 3.38. The first-order valence-electron chi connectivity index (χ1n) is 9.47. The number of hydrogen-bond acceptors (Lipinski definition) is 7. The van der Waals surface area contributed by atoms with Crippen molar-refractivity contribution >= 4 is 40.3 Å². The highest BCUT2D eigenvalue weighted by atomic mass is 32.1. The van der Waals surface area contributed by atoms with Gasteiger partial charge < -0.3 is 19.2 Å². The number of fused-ring (bicyclic) bond motifs is 1. The predicted octanol–water partition coefficient (Wildman–Crippen LogP) is 3.98. The first-order chi connectivity index (χ1) is 13.9. The van der Waals surface area contributed by atoms with Crippen molar-refractivity contribution in [2.75, 3.05) is 11.9 Å². The second-order valence-corrected chi connectivity index (χ2v) is 7.98. The van der Waals surface area contributed by atoms with Gasteiger partial charge in [-0.1, -0.05) is 0 Å². The molecule has 2 aromatic rings. The Morgan fingerprint density at radius 1 is 1.28 bits per heavy atom. The van der Waals surface area contributed by atoms with Gasteiger partial charge >= 0.3 is 11.9 Å². The normalized spacial score (nSPS) is 13.3. The summed E-state index contributed by atoms with van der Waals surface area (Å²) >= 11 is 1.39. The number of furan rings is 1. The maximum atomic E-state index is 12.6. The van der Waals surface area contributed by atoms with E-state index < -0.39 is 24.5 Å². The van der Waals surface area contributed by atoms with Gasteiger partial charge in [-0.2, -0.15) is 0 Å². The van der Waals surface area contributed by atoms with Crippen LogP contribution in [0.5, 0.6) is 0 Å². The van der Waals surface area contributed by atoms with E-state index in [4.69, 9.17) is 13.9 Å². The van der Waals surface area contributed by atoms with Crippen LogP contribution in [0.2, 0.25) is 0 Å². The van der Waals surface area contributed by atoms with Crippen LogP contribution in [-0.2, 0) is 31.9 Å². The highest BCUT2D eigenvalue weighted by Crippen LogP contribution is 2.38. The molecule has 0 spiro atoms. The molecule has 2 aromatic heterocycles. The van der Waals surface area contributed by atoms with E-state index in [-0.39, 0.29) is 6.10 Å². The van der Waals surface area contributed by atoms with E-state index in [1.54, 1.807) is 26.0 Å². The fourth-order valence-corrected chi connectivity index (χ4v) is 4.32. The molecular weight excluding hydrogens is 394 g/mol. The predicted molar refractivity (Wildman–Crippen MR) is 109 cm³/mol. The van der Waals surface area contributed by atoms with Crippen LogP contribution in [0.1, 0.15) is 53.2 Å². The molecule has 8 heteroatoms. The van der Waals surface area contributed by atoms with Gasteiger partial charge in [0.05, 0.1) is 17.9 Å². The van der Waals surface area contributed by atoms with Gasteiger partial charge in [0.1, 0.15) is 10.8 Å². The zero-order chi connectivity index (χ0) is 20.8. The number of carbonyl (C=O) groups is 3.